The Hall–Kier alpha value is -1.86. The van der Waals surface area contributed by atoms with Gasteiger partial charge in [0.1, 0.15) is 6.61 Å². The van der Waals surface area contributed by atoms with Gasteiger partial charge in [-0.05, 0) is 24.3 Å². The fraction of sp³-hybridized carbons (Fsp3) is 0.278. The molecule has 0 bridgehead atoms. The Bertz CT molecular complexity index is 659. The summed E-state index contributed by atoms with van der Waals surface area (Å²) in [5.74, 6) is -0.230. The summed E-state index contributed by atoms with van der Waals surface area (Å²) in [6, 6.07) is 15.8. The van der Waals surface area contributed by atoms with Crippen molar-refractivity contribution in [2.45, 2.75) is 16.1 Å². The number of carbonyl (C=O) groups excluding carboxylic acids is 1. The van der Waals surface area contributed by atoms with Gasteiger partial charge in [-0.25, -0.2) is 0 Å². The summed E-state index contributed by atoms with van der Waals surface area (Å²) in [4.78, 5) is 14.0. The number of carbonyl (C=O) groups is 1. The Morgan fingerprint density at radius 3 is 2.38 bits per heavy atom. The summed E-state index contributed by atoms with van der Waals surface area (Å²) in [5, 5.41) is 2.85. The second-order valence-electron chi connectivity index (χ2n) is 4.95. The van der Waals surface area contributed by atoms with Crippen LogP contribution in [0.5, 0.6) is 0 Å². The minimum absolute atomic E-state index is 0.0138. The number of methoxy groups -OCH3 is 3. The second kappa shape index (κ2) is 9.44. The largest absolute Gasteiger partial charge is 0.375 e. The lowest BCUT2D eigenvalue weighted by Crippen LogP contribution is -2.19. The van der Waals surface area contributed by atoms with Crippen molar-refractivity contribution in [1.29, 1.82) is 0 Å². The van der Waals surface area contributed by atoms with Gasteiger partial charge in [-0.3, -0.25) is 4.79 Å². The number of hydrogen-bond donors (Lipinski definition) is 1. The third-order valence-electron chi connectivity index (χ3n) is 3.24. The van der Waals surface area contributed by atoms with E-state index in [0.29, 0.717) is 5.69 Å². The molecule has 2 aromatic carbocycles. The molecule has 0 spiro atoms. The highest BCUT2D eigenvalue weighted by Crippen LogP contribution is 2.34. The summed E-state index contributed by atoms with van der Waals surface area (Å²) < 4.78 is 15.5. The van der Waals surface area contributed by atoms with Crippen LogP contribution in [0.15, 0.2) is 58.3 Å². The molecule has 0 saturated heterocycles. The molecule has 1 N–H and O–H groups in total. The minimum atomic E-state index is -0.557. The maximum absolute atomic E-state index is 11.9. The van der Waals surface area contributed by atoms with E-state index < -0.39 is 6.29 Å². The van der Waals surface area contributed by atoms with Gasteiger partial charge in [-0.15, -0.1) is 0 Å². The van der Waals surface area contributed by atoms with Crippen LogP contribution in [0.1, 0.15) is 11.9 Å². The number of rotatable bonds is 8. The van der Waals surface area contributed by atoms with Crippen LogP contribution in [0.2, 0.25) is 0 Å². The average Bonchev–Trinajstić information content (AvgIpc) is 2.59. The summed E-state index contributed by atoms with van der Waals surface area (Å²) in [5.41, 5.74) is 1.40. The van der Waals surface area contributed by atoms with Gasteiger partial charge in [0.05, 0.1) is 5.69 Å². The van der Waals surface area contributed by atoms with Crippen molar-refractivity contribution >= 4 is 23.4 Å². The summed E-state index contributed by atoms with van der Waals surface area (Å²) in [7, 11) is 4.60. The van der Waals surface area contributed by atoms with E-state index in [1.165, 1.54) is 7.11 Å². The number of hydrogen-bond acceptors (Lipinski definition) is 5. The van der Waals surface area contributed by atoms with Gasteiger partial charge in [0.15, 0.2) is 6.29 Å². The van der Waals surface area contributed by atoms with E-state index in [1.54, 1.807) is 26.0 Å². The molecule has 0 aliphatic rings. The van der Waals surface area contributed by atoms with Crippen LogP contribution in [0, 0.1) is 0 Å². The maximum atomic E-state index is 11.9. The zero-order valence-electron chi connectivity index (χ0n) is 13.9. The van der Waals surface area contributed by atoms with E-state index in [-0.39, 0.29) is 12.5 Å². The summed E-state index contributed by atoms with van der Waals surface area (Å²) in [6.07, 6.45) is -0.557. The van der Waals surface area contributed by atoms with Gasteiger partial charge in [-0.1, -0.05) is 36.0 Å². The molecule has 2 rings (SSSR count). The van der Waals surface area contributed by atoms with Gasteiger partial charge in [0, 0.05) is 36.7 Å². The van der Waals surface area contributed by atoms with Gasteiger partial charge in [0.2, 0.25) is 5.91 Å². The molecule has 0 saturated carbocycles. The molecule has 0 heterocycles. The van der Waals surface area contributed by atoms with E-state index in [4.69, 9.17) is 14.2 Å². The lowest BCUT2D eigenvalue weighted by molar-refractivity contribution is -0.119. The fourth-order valence-corrected chi connectivity index (χ4v) is 3.08. The molecule has 5 nitrogen and oxygen atoms in total. The molecule has 0 unspecified atom stereocenters. The van der Waals surface area contributed by atoms with E-state index >= 15 is 0 Å². The Balaban J connectivity index is 2.29. The Morgan fingerprint density at radius 1 is 1.04 bits per heavy atom. The highest BCUT2D eigenvalue weighted by molar-refractivity contribution is 7.99. The van der Waals surface area contributed by atoms with Crippen molar-refractivity contribution in [3.63, 3.8) is 0 Å². The first-order valence-corrected chi connectivity index (χ1v) is 8.20. The number of anilines is 1. The molecule has 6 heteroatoms. The van der Waals surface area contributed by atoms with Crippen molar-refractivity contribution < 1.29 is 19.0 Å². The van der Waals surface area contributed by atoms with Crippen LogP contribution in [-0.4, -0.2) is 33.8 Å². The third kappa shape index (κ3) is 5.07. The number of benzene rings is 2. The number of amides is 1. The molecule has 0 aromatic heterocycles. The predicted molar refractivity (Wildman–Crippen MR) is 94.3 cm³/mol. The highest BCUT2D eigenvalue weighted by atomic mass is 32.2. The molecule has 0 aliphatic heterocycles. The minimum Gasteiger partial charge on any atom is -0.375 e. The van der Waals surface area contributed by atoms with Crippen molar-refractivity contribution in [3.05, 3.63) is 54.1 Å². The van der Waals surface area contributed by atoms with Gasteiger partial charge >= 0.3 is 0 Å². The zero-order valence-corrected chi connectivity index (χ0v) is 14.8. The van der Waals surface area contributed by atoms with Crippen LogP contribution in [0.4, 0.5) is 5.69 Å². The molecule has 128 valence electrons. The van der Waals surface area contributed by atoms with Gasteiger partial charge < -0.3 is 19.5 Å². The Labute approximate surface area is 146 Å². The molecular weight excluding hydrogens is 326 g/mol. The molecular formula is C18H21NO4S. The maximum Gasteiger partial charge on any atom is 0.250 e. The molecule has 0 atom stereocenters. The van der Waals surface area contributed by atoms with Crippen LogP contribution >= 0.6 is 11.8 Å². The van der Waals surface area contributed by atoms with Crippen molar-refractivity contribution in [2.75, 3.05) is 33.3 Å². The average molecular weight is 347 g/mol. The van der Waals surface area contributed by atoms with Gasteiger partial charge in [-0.2, -0.15) is 0 Å². The summed E-state index contributed by atoms with van der Waals surface area (Å²) in [6.45, 7) is -0.0138. The smallest absolute Gasteiger partial charge is 0.250 e. The van der Waals surface area contributed by atoms with Crippen LogP contribution in [0.25, 0.3) is 0 Å². The van der Waals surface area contributed by atoms with Crippen LogP contribution < -0.4 is 5.32 Å². The Kier molecular flexibility index (Phi) is 7.27. The first-order valence-electron chi connectivity index (χ1n) is 7.39. The van der Waals surface area contributed by atoms with Crippen LogP contribution in [0.3, 0.4) is 0 Å². The van der Waals surface area contributed by atoms with E-state index in [9.17, 15) is 4.79 Å². The van der Waals surface area contributed by atoms with E-state index in [1.807, 2.05) is 48.5 Å². The van der Waals surface area contributed by atoms with Crippen molar-refractivity contribution in [3.8, 4) is 0 Å². The summed E-state index contributed by atoms with van der Waals surface area (Å²) >= 11 is 1.61. The molecule has 0 radical (unpaired) electrons. The molecule has 24 heavy (non-hydrogen) atoms. The quantitative estimate of drug-likeness (QED) is 0.738. The number of ether oxygens (including phenoxy) is 3. The topological polar surface area (TPSA) is 56.8 Å². The van der Waals surface area contributed by atoms with Gasteiger partial charge in [0.25, 0.3) is 0 Å². The molecule has 2 aromatic rings. The first-order chi connectivity index (χ1) is 11.7. The number of nitrogens with one attached hydrogen (secondary N) is 1. The third-order valence-corrected chi connectivity index (χ3v) is 4.23. The second-order valence-corrected chi connectivity index (χ2v) is 6.10. The van der Waals surface area contributed by atoms with E-state index in [2.05, 4.69) is 5.32 Å². The predicted octanol–water partition coefficient (Wildman–Crippen LogP) is 3.71. The van der Waals surface area contributed by atoms with Crippen molar-refractivity contribution in [2.24, 2.45) is 0 Å². The molecule has 0 aliphatic carbocycles. The monoisotopic (exact) mass is 347 g/mol. The normalized spacial score (nSPS) is 10.8. The lowest BCUT2D eigenvalue weighted by atomic mass is 10.1. The SMILES string of the molecule is COCC(=O)Nc1cc(Sc2ccccc2)ccc1C(OC)OC. The van der Waals surface area contributed by atoms with Crippen molar-refractivity contribution in [1.82, 2.24) is 0 Å². The Morgan fingerprint density at radius 2 is 1.75 bits per heavy atom. The molecule has 1 amide bonds. The van der Waals surface area contributed by atoms with E-state index in [0.717, 1.165) is 15.4 Å². The fourth-order valence-electron chi connectivity index (χ4n) is 2.20. The highest BCUT2D eigenvalue weighted by Gasteiger charge is 2.16. The zero-order chi connectivity index (χ0) is 17.4. The standard InChI is InChI=1S/C18H21NO4S/c1-21-12-17(20)19-16-11-14(24-13-7-5-4-6-8-13)9-10-15(16)18(22-2)23-3/h4-11,18H,12H2,1-3H3,(H,19,20). The molecule has 0 fully saturated rings. The van der Waals surface area contributed by atoms with Crippen LogP contribution in [-0.2, 0) is 19.0 Å². The lowest BCUT2D eigenvalue weighted by Gasteiger charge is -2.19. The first kappa shape index (κ1) is 18.5.